The zero-order valence-corrected chi connectivity index (χ0v) is 18.3. The van der Waals surface area contributed by atoms with Crippen LogP contribution in [-0.4, -0.2) is 21.9 Å². The number of amides is 1. The summed E-state index contributed by atoms with van der Waals surface area (Å²) in [7, 11) is 0. The number of pyridine rings is 1. The first-order valence-electron chi connectivity index (χ1n) is 10.3. The Morgan fingerprint density at radius 2 is 1.70 bits per heavy atom. The number of rotatable bonds is 7. The largest absolute Gasteiger partial charge is 0.352 e. The van der Waals surface area contributed by atoms with Crippen LogP contribution in [0.25, 0.3) is 10.9 Å². The third-order valence-corrected chi connectivity index (χ3v) is 5.69. The molecule has 1 amide bonds. The second-order valence-electron chi connectivity index (χ2n) is 7.54. The summed E-state index contributed by atoms with van der Waals surface area (Å²) in [6, 6.07) is 22.4. The second kappa shape index (κ2) is 9.67. The number of nitro groups is 1. The van der Waals surface area contributed by atoms with E-state index < -0.39 is 16.4 Å². The average Bonchev–Trinajstić information content (AvgIpc) is 2.82. The minimum atomic E-state index is -0.481. The number of carbonyl (C=O) groups excluding carboxylic acids is 1. The molecule has 0 bridgehead atoms. The fourth-order valence-electron chi connectivity index (χ4n) is 3.65. The molecule has 0 atom stereocenters. The molecule has 0 radical (unpaired) electrons. The van der Waals surface area contributed by atoms with Crippen molar-refractivity contribution in [2.75, 3.05) is 6.54 Å². The molecular formula is C25H20ClN3O4. The average molecular weight is 462 g/mol. The lowest BCUT2D eigenvalue weighted by Gasteiger charge is -2.14. The lowest BCUT2D eigenvalue weighted by atomic mass is 10.1. The molecule has 1 N–H and O–H groups in total. The van der Waals surface area contributed by atoms with Crippen molar-refractivity contribution in [3.05, 3.63) is 121 Å². The van der Waals surface area contributed by atoms with Crippen molar-refractivity contribution in [2.45, 2.75) is 13.0 Å². The van der Waals surface area contributed by atoms with E-state index in [4.69, 9.17) is 11.6 Å². The number of halogens is 1. The van der Waals surface area contributed by atoms with Crippen molar-refractivity contribution in [1.82, 2.24) is 9.88 Å². The van der Waals surface area contributed by atoms with Crippen LogP contribution in [0, 0.1) is 10.1 Å². The summed E-state index contributed by atoms with van der Waals surface area (Å²) in [5.74, 6) is -0.477. The minimum Gasteiger partial charge on any atom is -0.352 e. The van der Waals surface area contributed by atoms with Crippen LogP contribution < -0.4 is 10.9 Å². The number of hydrogen-bond acceptors (Lipinski definition) is 4. The smallest absolute Gasteiger partial charge is 0.269 e. The molecule has 4 rings (SSSR count). The number of aromatic nitrogens is 1. The van der Waals surface area contributed by atoms with E-state index in [1.807, 2.05) is 30.3 Å². The minimum absolute atomic E-state index is 0.00873. The predicted molar refractivity (Wildman–Crippen MR) is 128 cm³/mol. The van der Waals surface area contributed by atoms with Crippen LogP contribution in [0.2, 0.25) is 5.02 Å². The fraction of sp³-hybridized carbons (Fsp3) is 0.120. The van der Waals surface area contributed by atoms with Crippen LogP contribution in [0.1, 0.15) is 21.5 Å². The van der Waals surface area contributed by atoms with Gasteiger partial charge in [0.05, 0.1) is 17.0 Å². The van der Waals surface area contributed by atoms with Gasteiger partial charge < -0.3 is 9.88 Å². The highest BCUT2D eigenvalue weighted by molar-refractivity contribution is 6.35. The molecule has 4 aromatic rings. The van der Waals surface area contributed by atoms with Crippen LogP contribution in [0.3, 0.4) is 0 Å². The Kier molecular flexibility index (Phi) is 6.51. The molecule has 0 unspecified atom stereocenters. The normalized spacial score (nSPS) is 10.8. The molecule has 1 heterocycles. The van der Waals surface area contributed by atoms with Gasteiger partial charge in [-0.1, -0.05) is 60.1 Å². The van der Waals surface area contributed by atoms with Gasteiger partial charge in [0.25, 0.3) is 17.2 Å². The van der Waals surface area contributed by atoms with E-state index in [0.717, 1.165) is 5.56 Å². The SMILES string of the molecule is O=C(NCCc1ccccc1)c1cc2c(Cl)cccc2n(Cc2ccc([N+](=O)[O-])cc2)c1=O. The van der Waals surface area contributed by atoms with Gasteiger partial charge in [0.2, 0.25) is 0 Å². The van der Waals surface area contributed by atoms with Gasteiger partial charge in [-0.25, -0.2) is 0 Å². The number of fused-ring (bicyclic) bond motifs is 1. The third-order valence-electron chi connectivity index (χ3n) is 5.36. The summed E-state index contributed by atoms with van der Waals surface area (Å²) in [6.45, 7) is 0.518. The van der Waals surface area contributed by atoms with Crippen LogP contribution in [0.4, 0.5) is 5.69 Å². The van der Waals surface area contributed by atoms with Gasteiger partial charge >= 0.3 is 0 Å². The zero-order chi connectivity index (χ0) is 23.4. The fourth-order valence-corrected chi connectivity index (χ4v) is 3.87. The number of nitro benzene ring substituents is 1. The molecule has 0 aliphatic rings. The van der Waals surface area contributed by atoms with E-state index in [1.54, 1.807) is 30.3 Å². The predicted octanol–water partition coefficient (Wildman–Crippen LogP) is 4.58. The van der Waals surface area contributed by atoms with Gasteiger partial charge in [-0.2, -0.15) is 0 Å². The first-order valence-corrected chi connectivity index (χ1v) is 10.7. The molecule has 0 aliphatic carbocycles. The highest BCUT2D eigenvalue weighted by atomic mass is 35.5. The van der Waals surface area contributed by atoms with E-state index in [0.29, 0.717) is 34.5 Å². The molecule has 33 heavy (non-hydrogen) atoms. The standard InChI is InChI=1S/C25H20ClN3O4/c26-22-7-4-8-23-20(22)15-21(24(30)27-14-13-17-5-2-1-3-6-17)25(31)28(23)16-18-9-11-19(12-10-18)29(32)33/h1-12,15H,13-14,16H2,(H,27,30). The molecule has 166 valence electrons. The quantitative estimate of drug-likeness (QED) is 0.322. The summed E-state index contributed by atoms with van der Waals surface area (Å²) < 4.78 is 1.47. The Morgan fingerprint density at radius 3 is 2.39 bits per heavy atom. The molecule has 3 aromatic carbocycles. The monoisotopic (exact) mass is 461 g/mol. The van der Waals surface area contributed by atoms with Gasteiger partial charge in [0.1, 0.15) is 5.56 Å². The van der Waals surface area contributed by atoms with Crippen molar-refractivity contribution in [3.63, 3.8) is 0 Å². The van der Waals surface area contributed by atoms with Gasteiger partial charge in [-0.15, -0.1) is 0 Å². The van der Waals surface area contributed by atoms with E-state index in [2.05, 4.69) is 5.32 Å². The number of hydrogen-bond donors (Lipinski definition) is 1. The highest BCUT2D eigenvalue weighted by Crippen LogP contribution is 2.24. The molecular weight excluding hydrogens is 442 g/mol. The van der Waals surface area contributed by atoms with Gasteiger partial charge in [-0.3, -0.25) is 19.7 Å². The maximum atomic E-state index is 13.3. The topological polar surface area (TPSA) is 94.2 Å². The first kappa shape index (κ1) is 22.2. The van der Waals surface area contributed by atoms with Crippen LogP contribution >= 0.6 is 11.6 Å². The Bertz CT molecular complexity index is 1380. The number of nitrogens with one attached hydrogen (secondary N) is 1. The van der Waals surface area contributed by atoms with Crippen molar-refractivity contribution >= 4 is 34.1 Å². The van der Waals surface area contributed by atoms with E-state index in [1.165, 1.54) is 22.8 Å². The van der Waals surface area contributed by atoms with Crippen LogP contribution in [0.5, 0.6) is 0 Å². The van der Waals surface area contributed by atoms with E-state index in [9.17, 15) is 19.7 Å². The molecule has 1 aromatic heterocycles. The third kappa shape index (κ3) is 4.94. The van der Waals surface area contributed by atoms with Crippen LogP contribution in [0.15, 0.2) is 83.7 Å². The summed E-state index contributed by atoms with van der Waals surface area (Å²) in [5.41, 5.74) is 1.84. The summed E-state index contributed by atoms with van der Waals surface area (Å²) in [6.07, 6.45) is 0.637. The molecule has 7 nitrogen and oxygen atoms in total. The van der Waals surface area contributed by atoms with Crippen molar-refractivity contribution in [3.8, 4) is 0 Å². The van der Waals surface area contributed by atoms with Crippen LogP contribution in [-0.2, 0) is 13.0 Å². The van der Waals surface area contributed by atoms with Gasteiger partial charge in [0.15, 0.2) is 0 Å². The summed E-state index contributed by atoms with van der Waals surface area (Å²) >= 11 is 6.38. The molecule has 0 fully saturated rings. The molecule has 0 saturated heterocycles. The maximum absolute atomic E-state index is 13.3. The molecule has 0 spiro atoms. The second-order valence-corrected chi connectivity index (χ2v) is 7.94. The van der Waals surface area contributed by atoms with Gasteiger partial charge in [0, 0.05) is 29.1 Å². The van der Waals surface area contributed by atoms with Crippen molar-refractivity contribution < 1.29 is 9.72 Å². The maximum Gasteiger partial charge on any atom is 0.269 e. The lowest BCUT2D eigenvalue weighted by Crippen LogP contribution is -2.34. The number of benzene rings is 3. The lowest BCUT2D eigenvalue weighted by molar-refractivity contribution is -0.384. The van der Waals surface area contributed by atoms with Gasteiger partial charge in [-0.05, 0) is 35.7 Å². The summed E-state index contributed by atoms with van der Waals surface area (Å²) in [5, 5.41) is 14.7. The molecule has 0 saturated carbocycles. The van der Waals surface area contributed by atoms with E-state index in [-0.39, 0.29) is 17.8 Å². The van der Waals surface area contributed by atoms with Crippen molar-refractivity contribution in [1.29, 1.82) is 0 Å². The number of nitrogens with zero attached hydrogens (tertiary/aromatic N) is 2. The van der Waals surface area contributed by atoms with E-state index >= 15 is 0 Å². The Balaban J connectivity index is 1.66. The Morgan fingerprint density at radius 1 is 0.970 bits per heavy atom. The molecule has 0 aliphatic heterocycles. The zero-order valence-electron chi connectivity index (χ0n) is 17.5. The molecule has 8 heteroatoms. The first-order chi connectivity index (χ1) is 15.9. The van der Waals surface area contributed by atoms with Crippen molar-refractivity contribution in [2.24, 2.45) is 0 Å². The highest BCUT2D eigenvalue weighted by Gasteiger charge is 2.17. The summed E-state index contributed by atoms with van der Waals surface area (Å²) in [4.78, 5) is 36.6. The Labute approximate surface area is 194 Å². The Hall–Kier alpha value is -3.97. The number of non-ortho nitro benzene ring substituents is 1. The number of carbonyl (C=O) groups is 1.